The van der Waals surface area contributed by atoms with Gasteiger partial charge >= 0.3 is 0 Å². The highest BCUT2D eigenvalue weighted by Crippen LogP contribution is 2.25. The fourth-order valence-electron chi connectivity index (χ4n) is 3.92. The first-order chi connectivity index (χ1) is 13.8. The molecule has 2 heterocycles. The zero-order chi connectivity index (χ0) is 19.2. The minimum absolute atomic E-state index is 0.373. The number of hydrogen-bond acceptors (Lipinski definition) is 4. The molecule has 1 aliphatic heterocycles. The van der Waals surface area contributed by atoms with E-state index in [1.807, 2.05) is 18.3 Å². The predicted molar refractivity (Wildman–Crippen MR) is 111 cm³/mol. The van der Waals surface area contributed by atoms with Gasteiger partial charge in [0.1, 0.15) is 5.75 Å². The highest BCUT2D eigenvalue weighted by molar-refractivity contribution is 5.83. The van der Waals surface area contributed by atoms with E-state index in [1.54, 1.807) is 12.1 Å². The highest BCUT2D eigenvalue weighted by Gasteiger charge is 2.21. The monoisotopic (exact) mass is 374 g/mol. The molecule has 1 unspecified atom stereocenters. The normalized spacial score (nSPS) is 17.5. The average molecular weight is 374 g/mol. The molecule has 0 amide bonds. The molecule has 0 spiro atoms. The molecule has 4 rings (SSSR count). The Labute approximate surface area is 165 Å². The lowest BCUT2D eigenvalue weighted by Gasteiger charge is -2.34. The summed E-state index contributed by atoms with van der Waals surface area (Å²) in [5.74, 6) is 0.779. The Kier molecular flexibility index (Phi) is 5.91. The van der Waals surface area contributed by atoms with Crippen LogP contribution >= 0.6 is 0 Å². The van der Waals surface area contributed by atoms with E-state index < -0.39 is 0 Å². The van der Waals surface area contributed by atoms with Gasteiger partial charge in [-0.25, -0.2) is 0 Å². The molecule has 28 heavy (non-hydrogen) atoms. The number of fused-ring (bicyclic) bond motifs is 1. The number of aromatic nitrogens is 1. The second-order valence-electron chi connectivity index (χ2n) is 7.29. The molecule has 0 saturated carbocycles. The van der Waals surface area contributed by atoms with E-state index in [0.717, 1.165) is 44.8 Å². The Morgan fingerprint density at radius 2 is 2.07 bits per heavy atom. The van der Waals surface area contributed by atoms with Gasteiger partial charge in [0.05, 0.1) is 18.2 Å². The molecule has 1 atom stereocenters. The summed E-state index contributed by atoms with van der Waals surface area (Å²) in [6.07, 6.45) is 4.14. The summed E-state index contributed by atoms with van der Waals surface area (Å²) in [5, 5.41) is 13.9. The third kappa shape index (κ3) is 4.36. The van der Waals surface area contributed by atoms with Crippen LogP contribution in [0.25, 0.3) is 10.9 Å². The fraction of sp³-hybridized carbons (Fsp3) is 0.348. The molecule has 0 radical (unpaired) electrons. The number of ether oxygens (including phenoxy) is 1. The molecule has 1 aromatic heterocycles. The first-order valence-corrected chi connectivity index (χ1v) is 9.98. The summed E-state index contributed by atoms with van der Waals surface area (Å²) in [7, 11) is 0. The number of piperazine rings is 1. The number of nitriles is 1. The van der Waals surface area contributed by atoms with Crippen molar-refractivity contribution in [3.8, 4) is 11.8 Å². The van der Waals surface area contributed by atoms with Gasteiger partial charge in [-0.05, 0) is 55.3 Å². The second-order valence-corrected chi connectivity index (χ2v) is 7.29. The predicted octanol–water partition coefficient (Wildman–Crippen LogP) is 3.85. The van der Waals surface area contributed by atoms with Crippen molar-refractivity contribution in [1.29, 1.82) is 5.26 Å². The summed E-state index contributed by atoms with van der Waals surface area (Å²) in [6, 6.07) is 18.5. The van der Waals surface area contributed by atoms with Crippen molar-refractivity contribution < 1.29 is 4.74 Å². The Bertz CT molecular complexity index is 958. The van der Waals surface area contributed by atoms with E-state index in [1.165, 1.54) is 16.5 Å². The smallest absolute Gasteiger partial charge is 0.120 e. The van der Waals surface area contributed by atoms with Crippen LogP contribution in [-0.4, -0.2) is 42.7 Å². The standard InChI is InChI=1S/C23H26N4O/c24-16-18-5-3-6-19(15-18)28-14-2-1-12-27-13-11-26-23(17-27)20-7-4-8-22-21(20)9-10-25-22/h3-10,15,23,25-26H,1-2,11-14,17H2. The Balaban J connectivity index is 1.24. The quantitative estimate of drug-likeness (QED) is 0.617. The first kappa shape index (κ1) is 18.5. The van der Waals surface area contributed by atoms with Crippen LogP contribution in [0.4, 0.5) is 0 Å². The van der Waals surface area contributed by atoms with Gasteiger partial charge in [0.25, 0.3) is 0 Å². The lowest BCUT2D eigenvalue weighted by molar-refractivity contribution is 0.192. The maximum absolute atomic E-state index is 8.95. The van der Waals surface area contributed by atoms with Crippen molar-refractivity contribution in [2.75, 3.05) is 32.8 Å². The second kappa shape index (κ2) is 8.92. The van der Waals surface area contributed by atoms with Crippen LogP contribution in [0.3, 0.4) is 0 Å². The minimum atomic E-state index is 0.373. The molecule has 1 saturated heterocycles. The third-order valence-corrected chi connectivity index (χ3v) is 5.36. The van der Waals surface area contributed by atoms with Gasteiger partial charge in [-0.3, -0.25) is 0 Å². The van der Waals surface area contributed by atoms with Crippen LogP contribution in [0.5, 0.6) is 5.75 Å². The topological polar surface area (TPSA) is 64.1 Å². The van der Waals surface area contributed by atoms with Crippen molar-refractivity contribution >= 4 is 10.9 Å². The number of rotatable bonds is 7. The molecule has 5 heteroatoms. The van der Waals surface area contributed by atoms with Gasteiger partial charge in [0, 0.05) is 42.8 Å². The Hall–Kier alpha value is -2.81. The van der Waals surface area contributed by atoms with Crippen molar-refractivity contribution in [3.05, 3.63) is 65.9 Å². The molecular formula is C23H26N4O. The first-order valence-electron chi connectivity index (χ1n) is 9.98. The zero-order valence-corrected chi connectivity index (χ0v) is 16.0. The van der Waals surface area contributed by atoms with Crippen molar-refractivity contribution in [2.24, 2.45) is 0 Å². The van der Waals surface area contributed by atoms with Gasteiger partial charge in [-0.15, -0.1) is 0 Å². The van der Waals surface area contributed by atoms with Crippen LogP contribution in [0, 0.1) is 11.3 Å². The van der Waals surface area contributed by atoms with Gasteiger partial charge in [0.2, 0.25) is 0 Å². The molecule has 144 valence electrons. The molecule has 0 aliphatic carbocycles. The van der Waals surface area contributed by atoms with Gasteiger partial charge in [-0.2, -0.15) is 5.26 Å². The number of unbranched alkanes of at least 4 members (excludes halogenated alkanes) is 1. The number of hydrogen-bond donors (Lipinski definition) is 2. The summed E-state index contributed by atoms with van der Waals surface area (Å²) in [5.41, 5.74) is 3.22. The molecule has 2 N–H and O–H groups in total. The number of H-pyrrole nitrogens is 1. The zero-order valence-electron chi connectivity index (χ0n) is 16.0. The van der Waals surface area contributed by atoms with Crippen LogP contribution in [0.2, 0.25) is 0 Å². The van der Waals surface area contributed by atoms with E-state index in [0.29, 0.717) is 18.2 Å². The van der Waals surface area contributed by atoms with Crippen molar-refractivity contribution in [3.63, 3.8) is 0 Å². The van der Waals surface area contributed by atoms with Crippen LogP contribution in [-0.2, 0) is 0 Å². The maximum atomic E-state index is 8.95. The van der Waals surface area contributed by atoms with Crippen LogP contribution < -0.4 is 10.1 Å². The molecule has 3 aromatic rings. The van der Waals surface area contributed by atoms with Crippen LogP contribution in [0.1, 0.15) is 30.0 Å². The Morgan fingerprint density at radius 1 is 1.14 bits per heavy atom. The molecular weight excluding hydrogens is 348 g/mol. The summed E-state index contributed by atoms with van der Waals surface area (Å²) in [6.45, 7) is 4.92. The van der Waals surface area contributed by atoms with E-state index in [9.17, 15) is 0 Å². The third-order valence-electron chi connectivity index (χ3n) is 5.36. The fourth-order valence-corrected chi connectivity index (χ4v) is 3.92. The number of nitrogens with zero attached hydrogens (tertiary/aromatic N) is 2. The van der Waals surface area contributed by atoms with E-state index in [-0.39, 0.29) is 0 Å². The van der Waals surface area contributed by atoms with Crippen LogP contribution in [0.15, 0.2) is 54.7 Å². The number of aromatic amines is 1. The maximum Gasteiger partial charge on any atom is 0.120 e. The highest BCUT2D eigenvalue weighted by atomic mass is 16.5. The minimum Gasteiger partial charge on any atom is -0.494 e. The number of nitrogens with one attached hydrogen (secondary N) is 2. The lowest BCUT2D eigenvalue weighted by atomic mass is 10.0. The largest absolute Gasteiger partial charge is 0.494 e. The summed E-state index contributed by atoms with van der Waals surface area (Å²) in [4.78, 5) is 5.85. The SMILES string of the molecule is N#Cc1cccc(OCCCCN2CCNC(c3cccc4[nH]ccc34)C2)c1. The number of benzene rings is 2. The molecule has 5 nitrogen and oxygen atoms in total. The van der Waals surface area contributed by atoms with E-state index in [4.69, 9.17) is 10.00 Å². The molecule has 0 bridgehead atoms. The lowest BCUT2D eigenvalue weighted by Crippen LogP contribution is -2.46. The molecule has 1 fully saturated rings. The van der Waals surface area contributed by atoms with E-state index in [2.05, 4.69) is 45.5 Å². The molecule has 2 aromatic carbocycles. The Morgan fingerprint density at radius 3 is 3.00 bits per heavy atom. The van der Waals surface area contributed by atoms with Crippen molar-refractivity contribution in [2.45, 2.75) is 18.9 Å². The summed E-state index contributed by atoms with van der Waals surface area (Å²) >= 11 is 0. The average Bonchev–Trinajstić information content (AvgIpc) is 3.23. The van der Waals surface area contributed by atoms with Crippen molar-refractivity contribution in [1.82, 2.24) is 15.2 Å². The van der Waals surface area contributed by atoms with Gasteiger partial charge in [0.15, 0.2) is 0 Å². The summed E-state index contributed by atoms with van der Waals surface area (Å²) < 4.78 is 5.78. The van der Waals surface area contributed by atoms with E-state index >= 15 is 0 Å². The van der Waals surface area contributed by atoms with Gasteiger partial charge in [-0.1, -0.05) is 18.2 Å². The molecule has 1 aliphatic rings. The van der Waals surface area contributed by atoms with Gasteiger partial charge < -0.3 is 19.9 Å².